The van der Waals surface area contributed by atoms with E-state index in [0.29, 0.717) is 0 Å². The molecule has 0 heterocycles. The van der Waals surface area contributed by atoms with E-state index in [1.165, 1.54) is 36.0 Å². The molecule has 1 saturated carbocycles. The number of benzene rings is 1. The lowest BCUT2D eigenvalue weighted by molar-refractivity contribution is 0.00465. The van der Waals surface area contributed by atoms with E-state index in [-0.39, 0.29) is 0 Å². The summed E-state index contributed by atoms with van der Waals surface area (Å²) in [5.74, 6) is 0. The van der Waals surface area contributed by atoms with Crippen LogP contribution in [0.5, 0.6) is 0 Å². The zero-order valence-corrected chi connectivity index (χ0v) is 11.6. The van der Waals surface area contributed by atoms with Crippen molar-refractivity contribution in [2.45, 2.75) is 58.1 Å². The topological polar surface area (TPSA) is 32.3 Å². The Labute approximate surface area is 110 Å². The molecule has 100 valence electrons. The molecule has 0 amide bonds. The minimum Gasteiger partial charge on any atom is -0.389 e. The highest BCUT2D eigenvalue weighted by atomic mass is 16.3. The van der Waals surface area contributed by atoms with Gasteiger partial charge >= 0.3 is 0 Å². The van der Waals surface area contributed by atoms with Gasteiger partial charge in [-0.1, -0.05) is 37.5 Å². The zero-order valence-electron chi connectivity index (χ0n) is 11.6. The standard InChI is InChI=1S/C16H25NO/c1-13-7-6-8-14(2)15(13)11-17-12-16(18)9-4-3-5-10-16/h6-8,17-18H,3-5,9-12H2,1-2H3. The maximum atomic E-state index is 10.4. The van der Waals surface area contributed by atoms with Crippen LogP contribution in [0.3, 0.4) is 0 Å². The number of hydrogen-bond acceptors (Lipinski definition) is 2. The number of nitrogens with one attached hydrogen (secondary N) is 1. The van der Waals surface area contributed by atoms with Crippen molar-refractivity contribution in [1.29, 1.82) is 0 Å². The number of hydrogen-bond donors (Lipinski definition) is 2. The van der Waals surface area contributed by atoms with Crippen LogP contribution in [0.25, 0.3) is 0 Å². The van der Waals surface area contributed by atoms with E-state index < -0.39 is 5.60 Å². The van der Waals surface area contributed by atoms with E-state index in [9.17, 15) is 5.11 Å². The lowest BCUT2D eigenvalue weighted by Gasteiger charge is -2.32. The molecule has 0 aliphatic heterocycles. The van der Waals surface area contributed by atoms with Crippen molar-refractivity contribution < 1.29 is 5.11 Å². The quantitative estimate of drug-likeness (QED) is 0.857. The van der Waals surface area contributed by atoms with E-state index in [1.807, 2.05) is 0 Å². The minimum atomic E-state index is -0.463. The Morgan fingerprint density at radius 1 is 1.11 bits per heavy atom. The Hall–Kier alpha value is -0.860. The number of aryl methyl sites for hydroxylation is 2. The molecule has 0 unspecified atom stereocenters. The molecule has 1 fully saturated rings. The van der Waals surface area contributed by atoms with Crippen LogP contribution >= 0.6 is 0 Å². The lowest BCUT2D eigenvalue weighted by Crippen LogP contribution is -2.42. The molecule has 0 saturated heterocycles. The van der Waals surface area contributed by atoms with Gasteiger partial charge in [-0.05, 0) is 43.4 Å². The van der Waals surface area contributed by atoms with E-state index in [4.69, 9.17) is 0 Å². The van der Waals surface area contributed by atoms with Gasteiger partial charge in [0.1, 0.15) is 0 Å². The average molecular weight is 247 g/mol. The van der Waals surface area contributed by atoms with Gasteiger partial charge < -0.3 is 10.4 Å². The van der Waals surface area contributed by atoms with Gasteiger partial charge in [-0.25, -0.2) is 0 Å². The van der Waals surface area contributed by atoms with Crippen LogP contribution in [0.1, 0.15) is 48.8 Å². The Morgan fingerprint density at radius 2 is 1.72 bits per heavy atom. The molecule has 18 heavy (non-hydrogen) atoms. The first-order valence-corrected chi connectivity index (χ1v) is 7.09. The van der Waals surface area contributed by atoms with E-state index in [2.05, 4.69) is 37.4 Å². The predicted molar refractivity (Wildman–Crippen MR) is 75.7 cm³/mol. The Balaban J connectivity index is 1.88. The van der Waals surface area contributed by atoms with Crippen LogP contribution < -0.4 is 5.32 Å². The molecule has 1 aromatic carbocycles. The second kappa shape index (κ2) is 5.85. The molecule has 0 aromatic heterocycles. The van der Waals surface area contributed by atoms with Crippen molar-refractivity contribution in [3.05, 3.63) is 34.9 Å². The summed E-state index contributed by atoms with van der Waals surface area (Å²) in [6, 6.07) is 6.40. The van der Waals surface area contributed by atoms with E-state index in [1.54, 1.807) is 0 Å². The average Bonchev–Trinajstić information content (AvgIpc) is 2.34. The number of aliphatic hydroxyl groups is 1. The molecule has 1 aliphatic carbocycles. The molecule has 1 aromatic rings. The summed E-state index contributed by atoms with van der Waals surface area (Å²) in [5.41, 5.74) is 3.57. The third-order valence-corrected chi connectivity index (χ3v) is 4.18. The van der Waals surface area contributed by atoms with Gasteiger partial charge in [0.15, 0.2) is 0 Å². The van der Waals surface area contributed by atoms with Gasteiger partial charge in [0.25, 0.3) is 0 Å². The van der Waals surface area contributed by atoms with Crippen molar-refractivity contribution >= 4 is 0 Å². The molecule has 2 rings (SSSR count). The molecule has 1 aliphatic rings. The van der Waals surface area contributed by atoms with Crippen molar-refractivity contribution in [2.24, 2.45) is 0 Å². The fraction of sp³-hybridized carbons (Fsp3) is 0.625. The Morgan fingerprint density at radius 3 is 2.33 bits per heavy atom. The molecule has 0 spiro atoms. The molecule has 0 bridgehead atoms. The first kappa shape index (κ1) is 13.6. The molecular formula is C16H25NO. The summed E-state index contributed by atoms with van der Waals surface area (Å²) in [4.78, 5) is 0. The molecule has 2 nitrogen and oxygen atoms in total. The zero-order chi connectivity index (χ0) is 13.0. The summed E-state index contributed by atoms with van der Waals surface area (Å²) in [6.45, 7) is 5.89. The lowest BCUT2D eigenvalue weighted by atomic mass is 9.85. The van der Waals surface area contributed by atoms with Crippen molar-refractivity contribution in [1.82, 2.24) is 5.32 Å². The molecular weight excluding hydrogens is 222 g/mol. The Kier molecular flexibility index (Phi) is 4.41. The predicted octanol–water partition coefficient (Wildman–Crippen LogP) is 3.09. The summed E-state index contributed by atoms with van der Waals surface area (Å²) in [5, 5.41) is 13.9. The molecule has 2 N–H and O–H groups in total. The first-order valence-electron chi connectivity index (χ1n) is 7.09. The summed E-state index contributed by atoms with van der Waals surface area (Å²) >= 11 is 0. The largest absolute Gasteiger partial charge is 0.389 e. The third-order valence-electron chi connectivity index (χ3n) is 4.18. The smallest absolute Gasteiger partial charge is 0.0771 e. The molecule has 0 radical (unpaired) electrons. The van der Waals surface area contributed by atoms with Crippen molar-refractivity contribution in [3.63, 3.8) is 0 Å². The monoisotopic (exact) mass is 247 g/mol. The van der Waals surface area contributed by atoms with Gasteiger partial charge in [-0.15, -0.1) is 0 Å². The second-order valence-corrected chi connectivity index (χ2v) is 5.76. The minimum absolute atomic E-state index is 0.463. The maximum absolute atomic E-state index is 10.4. The second-order valence-electron chi connectivity index (χ2n) is 5.76. The highest BCUT2D eigenvalue weighted by Crippen LogP contribution is 2.27. The van der Waals surface area contributed by atoms with Gasteiger partial charge in [0.05, 0.1) is 5.60 Å². The summed E-state index contributed by atoms with van der Waals surface area (Å²) in [7, 11) is 0. The van der Waals surface area contributed by atoms with E-state index in [0.717, 1.165) is 25.9 Å². The molecule has 2 heteroatoms. The van der Waals surface area contributed by atoms with E-state index >= 15 is 0 Å². The first-order chi connectivity index (χ1) is 8.61. The highest BCUT2D eigenvalue weighted by molar-refractivity contribution is 5.33. The van der Waals surface area contributed by atoms with Crippen LogP contribution in [0.15, 0.2) is 18.2 Å². The van der Waals surface area contributed by atoms with Gasteiger partial charge in [0, 0.05) is 13.1 Å². The van der Waals surface area contributed by atoms with Gasteiger partial charge in [-0.2, -0.15) is 0 Å². The SMILES string of the molecule is Cc1cccc(C)c1CNCC1(O)CCCCC1. The van der Waals surface area contributed by atoms with Crippen LogP contribution in [-0.2, 0) is 6.54 Å². The van der Waals surface area contributed by atoms with Crippen molar-refractivity contribution in [2.75, 3.05) is 6.54 Å². The van der Waals surface area contributed by atoms with Crippen molar-refractivity contribution in [3.8, 4) is 0 Å². The molecule has 0 atom stereocenters. The summed E-state index contributed by atoms with van der Waals surface area (Å²) < 4.78 is 0. The van der Waals surface area contributed by atoms with Crippen LogP contribution in [0, 0.1) is 13.8 Å². The normalized spacial score (nSPS) is 18.8. The summed E-state index contributed by atoms with van der Waals surface area (Å²) in [6.07, 6.45) is 5.52. The Bertz CT molecular complexity index is 374. The fourth-order valence-corrected chi connectivity index (χ4v) is 2.93. The highest BCUT2D eigenvalue weighted by Gasteiger charge is 2.28. The van der Waals surface area contributed by atoms with Crippen LogP contribution in [0.4, 0.5) is 0 Å². The maximum Gasteiger partial charge on any atom is 0.0771 e. The third kappa shape index (κ3) is 3.33. The van der Waals surface area contributed by atoms with Gasteiger partial charge in [-0.3, -0.25) is 0 Å². The van der Waals surface area contributed by atoms with Crippen LogP contribution in [0.2, 0.25) is 0 Å². The fourth-order valence-electron chi connectivity index (χ4n) is 2.93. The van der Waals surface area contributed by atoms with Crippen LogP contribution in [-0.4, -0.2) is 17.3 Å². The van der Waals surface area contributed by atoms with Gasteiger partial charge in [0.2, 0.25) is 0 Å². The number of rotatable bonds is 4.